The molecule has 1 saturated carbocycles. The van der Waals surface area contributed by atoms with Crippen LogP contribution in [0, 0.1) is 0 Å². The van der Waals surface area contributed by atoms with Gasteiger partial charge in [0.05, 0.1) is 0 Å². The number of allylic oxidation sites excluding steroid dienone is 9. The molecule has 0 radical (unpaired) electrons. The molecule has 41 heavy (non-hydrogen) atoms. The van der Waals surface area contributed by atoms with E-state index in [0.29, 0.717) is 0 Å². The summed E-state index contributed by atoms with van der Waals surface area (Å²) in [6.07, 6.45) is 31.2. The second kappa shape index (κ2) is 23.5. The molecule has 0 heterocycles. The maximum absolute atomic E-state index is 4.43. The van der Waals surface area contributed by atoms with Crippen LogP contribution in [-0.4, -0.2) is 0 Å². The van der Waals surface area contributed by atoms with Gasteiger partial charge < -0.3 is 0 Å². The van der Waals surface area contributed by atoms with Gasteiger partial charge >= 0.3 is 0 Å². The molecule has 0 saturated heterocycles. The summed E-state index contributed by atoms with van der Waals surface area (Å²) in [4.78, 5) is 0. The Morgan fingerprint density at radius 3 is 0.707 bits per heavy atom. The minimum Gasteiger partial charge on any atom is -0.0956 e. The van der Waals surface area contributed by atoms with Crippen molar-refractivity contribution in [3.63, 3.8) is 0 Å². The Bertz CT molecular complexity index is 883. The average molecular weight is 559 g/mol. The van der Waals surface area contributed by atoms with Gasteiger partial charge in [-0.3, -0.25) is 0 Å². The van der Waals surface area contributed by atoms with Crippen LogP contribution in [0.1, 0.15) is 161 Å². The van der Waals surface area contributed by atoms with Crippen molar-refractivity contribution in [3.05, 3.63) is 96.7 Å². The summed E-state index contributed by atoms with van der Waals surface area (Å²) >= 11 is 0. The standard InChI is InChI=1S/C41H66/c1-9-41-33-25-17-16-23-31-39(7)37(5)29-21-13-12-19-27-35(3)34(2)26-18-10-11-20-28-36(4)38(6)30-22-14-15-24-32-40(41)8/h9H,2-8,10-33H2,1H3/b41-9-. The number of hydrogen-bond acceptors (Lipinski definition) is 0. The lowest BCUT2D eigenvalue weighted by Gasteiger charge is -2.13. The van der Waals surface area contributed by atoms with Crippen molar-refractivity contribution in [2.24, 2.45) is 0 Å². The van der Waals surface area contributed by atoms with Crippen LogP contribution in [0.15, 0.2) is 96.7 Å². The van der Waals surface area contributed by atoms with Gasteiger partial charge in [0.1, 0.15) is 0 Å². The Labute approximate surface area is 257 Å². The van der Waals surface area contributed by atoms with Crippen LogP contribution in [0.4, 0.5) is 0 Å². The van der Waals surface area contributed by atoms with Crippen LogP contribution >= 0.6 is 0 Å². The van der Waals surface area contributed by atoms with E-state index in [-0.39, 0.29) is 0 Å². The van der Waals surface area contributed by atoms with Gasteiger partial charge in [0, 0.05) is 0 Å². The van der Waals surface area contributed by atoms with Crippen molar-refractivity contribution in [2.75, 3.05) is 0 Å². The molecular weight excluding hydrogens is 492 g/mol. The Balaban J connectivity index is 2.50. The first-order chi connectivity index (χ1) is 19.8. The maximum Gasteiger partial charge on any atom is -0.0280 e. The van der Waals surface area contributed by atoms with Crippen LogP contribution in [0.5, 0.6) is 0 Å². The monoisotopic (exact) mass is 559 g/mol. The first kappa shape index (κ1) is 36.9. The minimum absolute atomic E-state index is 1.10. The molecule has 0 spiro atoms. The van der Waals surface area contributed by atoms with Gasteiger partial charge in [0.2, 0.25) is 0 Å². The molecule has 0 aromatic rings. The van der Waals surface area contributed by atoms with Gasteiger partial charge in [0.15, 0.2) is 0 Å². The zero-order valence-corrected chi connectivity index (χ0v) is 27.5. The molecule has 0 aliphatic heterocycles. The molecule has 0 unspecified atom stereocenters. The minimum atomic E-state index is 1.10. The highest BCUT2D eigenvalue weighted by Gasteiger charge is 2.06. The van der Waals surface area contributed by atoms with Gasteiger partial charge in [-0.1, -0.05) is 143 Å². The van der Waals surface area contributed by atoms with Gasteiger partial charge in [-0.25, -0.2) is 0 Å². The molecule has 0 heteroatoms. The van der Waals surface area contributed by atoms with E-state index in [1.54, 1.807) is 0 Å². The highest BCUT2D eigenvalue weighted by molar-refractivity contribution is 5.28. The maximum atomic E-state index is 4.43. The summed E-state index contributed by atoms with van der Waals surface area (Å²) in [7, 11) is 0. The van der Waals surface area contributed by atoms with Gasteiger partial charge in [-0.05, 0) is 115 Å². The fourth-order valence-corrected chi connectivity index (χ4v) is 5.84. The molecular formula is C41H66. The molecule has 0 bridgehead atoms. The van der Waals surface area contributed by atoms with E-state index in [0.717, 1.165) is 44.9 Å². The Kier molecular flexibility index (Phi) is 21.2. The summed E-state index contributed by atoms with van der Waals surface area (Å²) in [6, 6.07) is 0. The first-order valence-corrected chi connectivity index (χ1v) is 17.2. The highest BCUT2D eigenvalue weighted by atomic mass is 14.1. The predicted octanol–water partition coefficient (Wildman–Crippen LogP) is 14.2. The third kappa shape index (κ3) is 18.1. The molecule has 1 rings (SSSR count). The lowest BCUT2D eigenvalue weighted by Crippen LogP contribution is -1.93. The quantitative estimate of drug-likeness (QED) is 0.277. The zero-order chi connectivity index (χ0) is 30.3. The van der Waals surface area contributed by atoms with Gasteiger partial charge in [-0.15, -0.1) is 0 Å². The molecule has 0 aromatic carbocycles. The lowest BCUT2D eigenvalue weighted by molar-refractivity contribution is 0.615. The second-order valence-electron chi connectivity index (χ2n) is 12.7. The van der Waals surface area contributed by atoms with E-state index in [4.69, 9.17) is 0 Å². The van der Waals surface area contributed by atoms with E-state index < -0.39 is 0 Å². The van der Waals surface area contributed by atoms with Crippen molar-refractivity contribution in [2.45, 2.75) is 161 Å². The first-order valence-electron chi connectivity index (χ1n) is 17.2. The summed E-state index contributed by atoms with van der Waals surface area (Å²) in [5.41, 5.74) is 10.5. The summed E-state index contributed by atoms with van der Waals surface area (Å²) < 4.78 is 0. The SMILES string of the molecule is C=C1CCCCCCC(=C)C(=C)CCCCCCC(=C)/C(=C\C)CCCCCCC(=C)C(=C)CCCCCCC1=C. The fourth-order valence-electron chi connectivity index (χ4n) is 5.84. The number of hydrogen-bond donors (Lipinski definition) is 0. The van der Waals surface area contributed by atoms with Crippen LogP contribution < -0.4 is 0 Å². The van der Waals surface area contributed by atoms with Gasteiger partial charge in [0.25, 0.3) is 0 Å². The number of rotatable bonds is 0. The smallest absolute Gasteiger partial charge is 0.0280 e. The average Bonchev–Trinajstić information content (AvgIpc) is 2.96. The van der Waals surface area contributed by atoms with Gasteiger partial charge in [-0.2, -0.15) is 0 Å². The highest BCUT2D eigenvalue weighted by Crippen LogP contribution is 2.26. The molecule has 0 amide bonds. The topological polar surface area (TPSA) is 0 Å². The van der Waals surface area contributed by atoms with Crippen LogP contribution in [0.25, 0.3) is 0 Å². The molecule has 230 valence electrons. The zero-order valence-electron chi connectivity index (χ0n) is 27.5. The molecule has 0 aromatic heterocycles. The third-order valence-electron chi connectivity index (χ3n) is 9.10. The molecule has 0 N–H and O–H groups in total. The Morgan fingerprint density at radius 1 is 0.293 bits per heavy atom. The predicted molar refractivity (Wildman–Crippen MR) is 189 cm³/mol. The van der Waals surface area contributed by atoms with E-state index in [2.05, 4.69) is 59.1 Å². The van der Waals surface area contributed by atoms with Crippen LogP contribution in [-0.2, 0) is 0 Å². The van der Waals surface area contributed by atoms with E-state index >= 15 is 0 Å². The molecule has 1 aliphatic carbocycles. The Morgan fingerprint density at radius 2 is 0.488 bits per heavy atom. The van der Waals surface area contributed by atoms with Crippen LogP contribution in [0.2, 0.25) is 0 Å². The van der Waals surface area contributed by atoms with E-state index in [1.165, 1.54) is 154 Å². The van der Waals surface area contributed by atoms with Crippen molar-refractivity contribution >= 4 is 0 Å². The Hall–Kier alpha value is -2.08. The molecule has 1 aliphatic rings. The second-order valence-corrected chi connectivity index (χ2v) is 12.7. The summed E-state index contributed by atoms with van der Waals surface area (Å²) in [6.45, 7) is 32.6. The third-order valence-corrected chi connectivity index (χ3v) is 9.10. The van der Waals surface area contributed by atoms with Crippen molar-refractivity contribution < 1.29 is 0 Å². The van der Waals surface area contributed by atoms with Crippen LogP contribution in [0.3, 0.4) is 0 Å². The molecule has 0 nitrogen and oxygen atoms in total. The molecule has 0 atom stereocenters. The van der Waals surface area contributed by atoms with E-state index in [9.17, 15) is 0 Å². The normalized spacial score (nSPS) is 22.8. The van der Waals surface area contributed by atoms with Crippen molar-refractivity contribution in [1.29, 1.82) is 0 Å². The summed E-state index contributed by atoms with van der Waals surface area (Å²) in [5, 5.41) is 0. The lowest BCUT2D eigenvalue weighted by atomic mass is 9.93. The molecule has 1 fully saturated rings. The fraction of sp³-hybridized carbons (Fsp3) is 0.610. The van der Waals surface area contributed by atoms with Crippen molar-refractivity contribution in [1.82, 2.24) is 0 Å². The van der Waals surface area contributed by atoms with E-state index in [1.807, 2.05) is 0 Å². The largest absolute Gasteiger partial charge is 0.0956 e. The van der Waals surface area contributed by atoms with Crippen molar-refractivity contribution in [3.8, 4) is 0 Å². The summed E-state index contributed by atoms with van der Waals surface area (Å²) in [5.74, 6) is 0.